The minimum absolute atomic E-state index is 0.0179. The first-order valence-corrected chi connectivity index (χ1v) is 12.5. The number of hydrogen-bond acceptors (Lipinski definition) is 7. The first-order chi connectivity index (χ1) is 16.4. The summed E-state index contributed by atoms with van der Waals surface area (Å²) in [7, 11) is 2.28. The molecule has 34 heavy (non-hydrogen) atoms. The Bertz CT molecular complexity index is 999. The number of carbonyl (C=O) groups excluding carboxylic acids is 1. The Morgan fingerprint density at radius 3 is 2.47 bits per heavy atom. The average molecular weight is 465 g/mol. The summed E-state index contributed by atoms with van der Waals surface area (Å²) in [5.41, 5.74) is 2.53. The fraction of sp³-hybridized carbons (Fsp3) is 0.577. The van der Waals surface area contributed by atoms with Gasteiger partial charge in [0, 0.05) is 37.9 Å². The number of anilines is 2. The molecule has 1 aromatic heterocycles. The lowest BCUT2D eigenvalue weighted by Gasteiger charge is -2.39. The Morgan fingerprint density at radius 1 is 1.09 bits per heavy atom. The van der Waals surface area contributed by atoms with Gasteiger partial charge in [-0.05, 0) is 49.9 Å². The molecule has 8 nitrogen and oxygen atoms in total. The van der Waals surface area contributed by atoms with Crippen LogP contribution in [0, 0.1) is 5.92 Å². The van der Waals surface area contributed by atoms with Crippen LogP contribution < -0.4 is 10.2 Å². The molecular weight excluding hydrogens is 428 g/mol. The number of nitrogens with one attached hydrogen (secondary N) is 1. The molecular formula is C26H36N6O2. The number of likely N-dealkylation sites (tertiary alicyclic amines) is 1. The number of amides is 1. The molecule has 8 heteroatoms. The van der Waals surface area contributed by atoms with E-state index in [1.807, 2.05) is 0 Å². The Morgan fingerprint density at radius 2 is 1.79 bits per heavy atom. The molecule has 182 valence electrons. The number of ether oxygens (including phenoxy) is 1. The second-order valence-corrected chi connectivity index (χ2v) is 10.3. The van der Waals surface area contributed by atoms with E-state index >= 15 is 0 Å². The van der Waals surface area contributed by atoms with E-state index < -0.39 is 0 Å². The van der Waals surface area contributed by atoms with Gasteiger partial charge < -0.3 is 10.1 Å². The van der Waals surface area contributed by atoms with Crippen molar-refractivity contribution in [2.75, 3.05) is 37.0 Å². The molecule has 2 unspecified atom stereocenters. The van der Waals surface area contributed by atoms with Gasteiger partial charge in [-0.3, -0.25) is 14.7 Å². The lowest BCUT2D eigenvalue weighted by atomic mass is 10.0. The summed E-state index contributed by atoms with van der Waals surface area (Å²) >= 11 is 0. The molecule has 0 aliphatic carbocycles. The van der Waals surface area contributed by atoms with Crippen molar-refractivity contribution >= 4 is 17.9 Å². The summed E-state index contributed by atoms with van der Waals surface area (Å²) in [6, 6.07) is 12.1. The maximum atomic E-state index is 12.3. The Labute approximate surface area is 202 Å². The molecule has 0 spiro atoms. The number of benzene rings is 1. The van der Waals surface area contributed by atoms with Crippen LogP contribution in [0.5, 0.6) is 0 Å². The minimum atomic E-state index is -0.347. The summed E-state index contributed by atoms with van der Waals surface area (Å²) in [5, 5.41) is 3.39. The number of fused-ring (bicyclic) bond motifs is 2. The first-order valence-electron chi connectivity index (χ1n) is 12.5. The van der Waals surface area contributed by atoms with Gasteiger partial charge in [0.2, 0.25) is 5.95 Å². The van der Waals surface area contributed by atoms with Gasteiger partial charge in [-0.2, -0.15) is 4.98 Å². The molecule has 1 N–H and O–H groups in total. The Kier molecular flexibility index (Phi) is 6.44. The topological polar surface area (TPSA) is 73.8 Å². The van der Waals surface area contributed by atoms with E-state index in [-0.39, 0.29) is 24.1 Å². The Hall–Kier alpha value is -2.71. The van der Waals surface area contributed by atoms with Gasteiger partial charge in [0.1, 0.15) is 12.4 Å². The average Bonchev–Trinajstić information content (AvgIpc) is 3.29. The van der Waals surface area contributed by atoms with Crippen molar-refractivity contribution in [3.63, 3.8) is 0 Å². The summed E-state index contributed by atoms with van der Waals surface area (Å²) < 4.78 is 5.27. The predicted molar refractivity (Wildman–Crippen MR) is 133 cm³/mol. The van der Waals surface area contributed by atoms with Crippen molar-refractivity contribution in [3.8, 4) is 0 Å². The summed E-state index contributed by atoms with van der Waals surface area (Å²) in [5.74, 6) is 1.35. The second-order valence-electron chi connectivity index (χ2n) is 10.3. The molecule has 0 radical (unpaired) electrons. The molecule has 3 fully saturated rings. The van der Waals surface area contributed by atoms with Crippen molar-refractivity contribution in [2.24, 2.45) is 5.92 Å². The van der Waals surface area contributed by atoms with Crippen molar-refractivity contribution in [3.05, 3.63) is 47.7 Å². The fourth-order valence-corrected chi connectivity index (χ4v) is 5.52. The van der Waals surface area contributed by atoms with Crippen LogP contribution >= 0.6 is 0 Å². The smallest absolute Gasteiger partial charge is 0.415 e. The molecule has 4 heterocycles. The lowest BCUT2D eigenvalue weighted by molar-refractivity contribution is 0.0837. The normalized spacial score (nSPS) is 26.2. The third kappa shape index (κ3) is 4.61. The molecule has 2 bridgehead atoms. The van der Waals surface area contributed by atoms with Gasteiger partial charge >= 0.3 is 6.09 Å². The third-order valence-corrected chi connectivity index (χ3v) is 7.72. The van der Waals surface area contributed by atoms with Crippen molar-refractivity contribution < 1.29 is 9.53 Å². The van der Waals surface area contributed by atoms with Crippen LogP contribution in [-0.2, 0) is 11.3 Å². The van der Waals surface area contributed by atoms with Crippen LogP contribution in [-0.4, -0.2) is 70.7 Å². The van der Waals surface area contributed by atoms with Gasteiger partial charge in [0.25, 0.3) is 0 Å². The molecule has 1 aromatic carbocycles. The molecule has 0 saturated carbocycles. The summed E-state index contributed by atoms with van der Waals surface area (Å²) in [6.45, 7) is 10.0. The summed E-state index contributed by atoms with van der Waals surface area (Å²) in [4.78, 5) is 28.1. The minimum Gasteiger partial charge on any atom is -0.447 e. The SMILES string of the molecule is CC(C)[C@H]1COC(=O)N1c1ccnc(N[C@@H](C)c2ccc(CN3CC4CCC(C3)N4C)cc2)n1. The van der Waals surface area contributed by atoms with Crippen LogP contribution in [0.1, 0.15) is 50.8 Å². The van der Waals surface area contributed by atoms with Crippen molar-refractivity contribution in [1.29, 1.82) is 0 Å². The lowest BCUT2D eigenvalue weighted by Crippen LogP contribution is -2.51. The highest BCUT2D eigenvalue weighted by molar-refractivity contribution is 5.89. The van der Waals surface area contributed by atoms with Crippen LogP contribution in [0.4, 0.5) is 16.6 Å². The molecule has 1 amide bonds. The van der Waals surface area contributed by atoms with Gasteiger partial charge in [0.15, 0.2) is 0 Å². The quantitative estimate of drug-likeness (QED) is 0.666. The third-order valence-electron chi connectivity index (χ3n) is 7.72. The fourth-order valence-electron chi connectivity index (χ4n) is 5.52. The number of piperazine rings is 1. The molecule has 3 saturated heterocycles. The van der Waals surface area contributed by atoms with Crippen molar-refractivity contribution in [1.82, 2.24) is 19.8 Å². The van der Waals surface area contributed by atoms with E-state index in [9.17, 15) is 4.79 Å². The second kappa shape index (κ2) is 9.50. The van der Waals surface area contributed by atoms with Crippen LogP contribution in [0.2, 0.25) is 0 Å². The molecule has 2 aromatic rings. The first kappa shape index (κ1) is 23.1. The van der Waals surface area contributed by atoms with Gasteiger partial charge in [-0.15, -0.1) is 0 Å². The van der Waals surface area contributed by atoms with Gasteiger partial charge in [-0.25, -0.2) is 9.78 Å². The monoisotopic (exact) mass is 464 g/mol. The van der Waals surface area contributed by atoms with Crippen LogP contribution in [0.25, 0.3) is 0 Å². The van der Waals surface area contributed by atoms with E-state index in [4.69, 9.17) is 4.74 Å². The standard InChI is InChI=1S/C26H36N6O2/c1-17(2)23-16-34-26(33)32(23)24-11-12-27-25(29-24)28-18(3)20-7-5-19(6-8-20)13-31-14-21-9-10-22(15-31)30(21)4/h5-8,11-12,17-18,21-23H,9-10,13-16H2,1-4H3,(H,27,28,29)/t18-,21?,22?,23+/m0/s1. The van der Waals surface area contributed by atoms with E-state index in [0.29, 0.717) is 18.4 Å². The van der Waals surface area contributed by atoms with Gasteiger partial charge in [-0.1, -0.05) is 38.1 Å². The van der Waals surface area contributed by atoms with Crippen LogP contribution in [0.3, 0.4) is 0 Å². The van der Waals surface area contributed by atoms with E-state index in [1.54, 1.807) is 17.2 Å². The number of hydrogen-bond donors (Lipinski definition) is 1. The number of cyclic esters (lactones) is 1. The zero-order valence-electron chi connectivity index (χ0n) is 20.6. The van der Waals surface area contributed by atoms with E-state index in [1.165, 1.54) is 37.1 Å². The number of likely N-dealkylation sites (N-methyl/N-ethyl adjacent to an activating group) is 1. The zero-order chi connectivity index (χ0) is 23.8. The number of aromatic nitrogens is 2. The largest absolute Gasteiger partial charge is 0.447 e. The zero-order valence-corrected chi connectivity index (χ0v) is 20.6. The maximum Gasteiger partial charge on any atom is 0.415 e. The number of nitrogens with zero attached hydrogens (tertiary/aromatic N) is 5. The number of carbonyl (C=O) groups is 1. The van der Waals surface area contributed by atoms with Crippen molar-refractivity contribution in [2.45, 2.75) is 64.3 Å². The highest BCUT2D eigenvalue weighted by atomic mass is 16.6. The highest BCUT2D eigenvalue weighted by Crippen LogP contribution is 2.30. The van der Waals surface area contributed by atoms with Crippen LogP contribution in [0.15, 0.2) is 36.5 Å². The molecule has 4 atom stereocenters. The van der Waals surface area contributed by atoms with E-state index in [0.717, 1.165) is 18.6 Å². The predicted octanol–water partition coefficient (Wildman–Crippen LogP) is 3.91. The Balaban J connectivity index is 1.21. The van der Waals surface area contributed by atoms with Gasteiger partial charge in [0.05, 0.1) is 12.1 Å². The summed E-state index contributed by atoms with van der Waals surface area (Å²) in [6.07, 6.45) is 4.01. The van der Waals surface area contributed by atoms with E-state index in [2.05, 4.69) is 77.2 Å². The molecule has 3 aliphatic heterocycles. The molecule has 5 rings (SSSR count). The number of rotatable bonds is 7. The highest BCUT2D eigenvalue weighted by Gasteiger charge is 2.38. The maximum absolute atomic E-state index is 12.3. The molecule has 3 aliphatic rings.